The summed E-state index contributed by atoms with van der Waals surface area (Å²) >= 11 is 0. The van der Waals surface area contributed by atoms with Crippen molar-refractivity contribution in [2.45, 2.75) is 64.1 Å². The molecule has 11 nitrogen and oxygen atoms in total. The molecule has 1 aromatic heterocycles. The van der Waals surface area contributed by atoms with E-state index in [1.807, 2.05) is 39.0 Å². The van der Waals surface area contributed by atoms with Gasteiger partial charge in [-0.1, -0.05) is 18.1 Å². The van der Waals surface area contributed by atoms with Gasteiger partial charge in [0.25, 0.3) is 0 Å². The Morgan fingerprint density at radius 1 is 1.07 bits per heavy atom. The Kier molecular flexibility index (Phi) is 8.40. The number of hydrogen-bond donors (Lipinski definition) is 2. The number of amides is 1. The highest BCUT2D eigenvalue weighted by molar-refractivity contribution is 6.07. The number of hydrogen-bond acceptors (Lipinski definition) is 10. The average Bonchev–Trinajstić information content (AvgIpc) is 3.28. The van der Waals surface area contributed by atoms with Gasteiger partial charge in [-0.05, 0) is 64.2 Å². The van der Waals surface area contributed by atoms with Gasteiger partial charge >= 0.3 is 6.09 Å². The van der Waals surface area contributed by atoms with Crippen LogP contribution in [0.25, 0.3) is 0 Å². The molecule has 2 saturated heterocycles. The minimum Gasteiger partial charge on any atom is -0.507 e. The average molecular weight is 559 g/mol. The molecule has 0 bridgehead atoms. The van der Waals surface area contributed by atoms with Crippen LogP contribution >= 0.6 is 0 Å². The number of phenols is 1. The highest BCUT2D eigenvalue weighted by Crippen LogP contribution is 2.24. The molecule has 216 valence electrons. The highest BCUT2D eigenvalue weighted by atomic mass is 16.6. The lowest BCUT2D eigenvalue weighted by molar-refractivity contribution is 0.0261. The van der Waals surface area contributed by atoms with Crippen LogP contribution in [0, 0.1) is 11.8 Å². The largest absolute Gasteiger partial charge is 0.507 e. The van der Waals surface area contributed by atoms with E-state index in [0.717, 1.165) is 57.0 Å². The van der Waals surface area contributed by atoms with Crippen molar-refractivity contribution in [3.05, 3.63) is 47.9 Å². The summed E-state index contributed by atoms with van der Waals surface area (Å²) in [5.74, 6) is 8.24. The van der Waals surface area contributed by atoms with Gasteiger partial charge in [0.1, 0.15) is 23.0 Å². The van der Waals surface area contributed by atoms with E-state index in [2.05, 4.69) is 36.8 Å². The molecular formula is C30H38N8O3. The van der Waals surface area contributed by atoms with Crippen molar-refractivity contribution in [2.24, 2.45) is 15.9 Å². The van der Waals surface area contributed by atoms with E-state index in [-0.39, 0.29) is 23.9 Å². The number of phenolic OH excluding ortho intramolecular Hbond substituents is 1. The first-order chi connectivity index (χ1) is 19.7. The maximum Gasteiger partial charge on any atom is 0.411 e. The third-order valence-corrected chi connectivity index (χ3v) is 7.40. The Morgan fingerprint density at radius 3 is 2.71 bits per heavy atom. The number of likely N-dealkylation sites (tertiary alicyclic amines) is 1. The lowest BCUT2D eigenvalue weighted by Crippen LogP contribution is -2.48. The zero-order chi connectivity index (χ0) is 29.0. The van der Waals surface area contributed by atoms with Crippen LogP contribution in [0.15, 0.2) is 46.7 Å². The molecule has 2 aromatic rings. The van der Waals surface area contributed by atoms with E-state index in [4.69, 9.17) is 15.5 Å². The third kappa shape index (κ3) is 6.95. The molecule has 1 unspecified atom stereocenters. The first-order valence-electron chi connectivity index (χ1n) is 14.2. The number of benzene rings is 1. The summed E-state index contributed by atoms with van der Waals surface area (Å²) < 4.78 is 5.55. The van der Waals surface area contributed by atoms with E-state index in [9.17, 15) is 9.90 Å². The lowest BCUT2D eigenvalue weighted by Gasteiger charge is -2.32. The van der Waals surface area contributed by atoms with E-state index in [1.165, 1.54) is 0 Å². The highest BCUT2D eigenvalue weighted by Gasteiger charge is 2.32. The molecule has 0 saturated carbocycles. The molecule has 3 aliphatic heterocycles. The van der Waals surface area contributed by atoms with Crippen molar-refractivity contribution < 1.29 is 14.6 Å². The van der Waals surface area contributed by atoms with E-state index >= 15 is 0 Å². The molecular weight excluding hydrogens is 520 g/mol. The minimum absolute atomic E-state index is 0.0896. The fourth-order valence-corrected chi connectivity index (χ4v) is 5.38. The van der Waals surface area contributed by atoms with E-state index in [0.29, 0.717) is 30.2 Å². The van der Waals surface area contributed by atoms with Crippen molar-refractivity contribution in [2.75, 3.05) is 37.6 Å². The van der Waals surface area contributed by atoms with E-state index in [1.54, 1.807) is 23.2 Å². The van der Waals surface area contributed by atoms with Crippen LogP contribution in [0.3, 0.4) is 0 Å². The number of amidine groups is 1. The van der Waals surface area contributed by atoms with Gasteiger partial charge < -0.3 is 20.5 Å². The number of carbonyl (C=O) groups is 1. The van der Waals surface area contributed by atoms with Crippen LogP contribution in [0.2, 0.25) is 0 Å². The number of aromatic nitrogens is 2. The van der Waals surface area contributed by atoms with Crippen LogP contribution in [-0.4, -0.2) is 92.9 Å². The van der Waals surface area contributed by atoms with Crippen molar-refractivity contribution in [3.63, 3.8) is 0 Å². The van der Waals surface area contributed by atoms with Gasteiger partial charge in [-0.25, -0.2) is 14.8 Å². The zero-order valence-corrected chi connectivity index (χ0v) is 24.0. The van der Waals surface area contributed by atoms with Crippen LogP contribution in [0.1, 0.15) is 57.8 Å². The molecule has 3 aliphatic rings. The van der Waals surface area contributed by atoms with Crippen LogP contribution in [-0.2, 0) is 4.74 Å². The number of nitrogens with two attached hydrogens (primary N) is 1. The van der Waals surface area contributed by atoms with Crippen molar-refractivity contribution in [1.29, 1.82) is 0 Å². The second-order valence-electron chi connectivity index (χ2n) is 11.5. The van der Waals surface area contributed by atoms with Crippen LogP contribution < -0.4 is 10.6 Å². The van der Waals surface area contributed by atoms with Crippen molar-refractivity contribution in [1.82, 2.24) is 19.8 Å². The zero-order valence-electron chi connectivity index (χ0n) is 24.0. The summed E-state index contributed by atoms with van der Waals surface area (Å²) in [5.41, 5.74) is 7.18. The lowest BCUT2D eigenvalue weighted by atomic mass is 9.99. The van der Waals surface area contributed by atoms with Gasteiger partial charge in [-0.15, -0.1) is 5.10 Å². The Labute approximate surface area is 241 Å². The van der Waals surface area contributed by atoms with Gasteiger partial charge in [0, 0.05) is 50.9 Å². The summed E-state index contributed by atoms with van der Waals surface area (Å²) in [5, 5.41) is 18.8. The van der Waals surface area contributed by atoms with Crippen molar-refractivity contribution in [3.8, 4) is 17.6 Å². The number of para-hydroxylation sites is 1. The van der Waals surface area contributed by atoms with Gasteiger partial charge in [0.2, 0.25) is 5.82 Å². The monoisotopic (exact) mass is 558 g/mol. The number of nitrogens with zero attached hydrogens (tertiary/aromatic N) is 7. The second kappa shape index (κ2) is 12.1. The summed E-state index contributed by atoms with van der Waals surface area (Å²) in [6.45, 7) is 9.44. The first kappa shape index (κ1) is 28.4. The number of ether oxygens (including phenoxy) is 1. The normalized spacial score (nSPS) is 21.8. The number of aromatic hydroxyl groups is 1. The SMILES string of the molecule is CC(C)(C)OC(=O)N1CCC[C@@H]1C#Cc1nccc(N2CCCN(C3CC(c4ccccc4O)=NN=C3N)CC2)n1. The standard InChI is InChI=1S/C30H38N8O3/c1-30(2,3)41-29(40)38-17-6-8-21(38)11-12-26-32-14-13-27(33-26)37-16-7-15-36(18-19-37)24-20-23(34-35-28(24)31)22-9-4-5-10-25(22)39/h4-5,9-10,13-14,21,24,39H,6-8,15-20H2,1-3H3,(H2,31,35)/t21-,24?/m1/s1. The van der Waals surface area contributed by atoms with Gasteiger partial charge in [0.05, 0.1) is 17.8 Å². The molecule has 0 spiro atoms. The van der Waals surface area contributed by atoms with Crippen LogP contribution in [0.5, 0.6) is 5.75 Å². The van der Waals surface area contributed by atoms with E-state index < -0.39 is 5.60 Å². The summed E-state index contributed by atoms with van der Waals surface area (Å²) in [6.07, 6.45) is 4.60. The smallest absolute Gasteiger partial charge is 0.411 e. The van der Waals surface area contributed by atoms with Crippen molar-refractivity contribution >= 4 is 23.5 Å². The van der Waals surface area contributed by atoms with Gasteiger partial charge in [0.15, 0.2) is 0 Å². The molecule has 3 N–H and O–H groups in total. The quantitative estimate of drug-likeness (QED) is 0.550. The molecule has 2 atom stereocenters. The Balaban J connectivity index is 1.23. The molecule has 0 radical (unpaired) electrons. The molecule has 5 rings (SSSR count). The number of anilines is 1. The Morgan fingerprint density at radius 2 is 1.90 bits per heavy atom. The maximum atomic E-state index is 12.6. The second-order valence-corrected chi connectivity index (χ2v) is 11.5. The maximum absolute atomic E-state index is 12.6. The van der Waals surface area contributed by atoms with Gasteiger partial charge in [-0.2, -0.15) is 5.10 Å². The first-order valence-corrected chi connectivity index (χ1v) is 14.2. The van der Waals surface area contributed by atoms with Gasteiger partial charge in [-0.3, -0.25) is 9.80 Å². The number of carbonyl (C=O) groups excluding carboxylic acids is 1. The molecule has 11 heteroatoms. The topological polar surface area (TPSA) is 133 Å². The molecule has 1 aromatic carbocycles. The third-order valence-electron chi connectivity index (χ3n) is 7.40. The number of rotatable bonds is 3. The molecule has 4 heterocycles. The minimum atomic E-state index is -0.548. The molecule has 0 aliphatic carbocycles. The molecule has 1 amide bonds. The summed E-state index contributed by atoms with van der Waals surface area (Å²) in [6, 6.07) is 8.78. The van der Waals surface area contributed by atoms with Crippen LogP contribution in [0.4, 0.5) is 10.6 Å². The molecule has 41 heavy (non-hydrogen) atoms. The Hall–Kier alpha value is -4.17. The molecule has 2 fully saturated rings. The summed E-state index contributed by atoms with van der Waals surface area (Å²) in [7, 11) is 0. The predicted molar refractivity (Wildman–Crippen MR) is 158 cm³/mol. The predicted octanol–water partition coefficient (Wildman–Crippen LogP) is 2.98. The fourth-order valence-electron chi connectivity index (χ4n) is 5.38. The Bertz CT molecular complexity index is 1390. The summed E-state index contributed by atoms with van der Waals surface area (Å²) in [4.78, 5) is 28.0. The fraction of sp³-hybridized carbons (Fsp3) is 0.500.